The first-order valence-corrected chi connectivity index (χ1v) is 8.91. The van der Waals surface area contributed by atoms with Crippen LogP contribution in [0.2, 0.25) is 0 Å². The maximum Gasteiger partial charge on any atom is 0.271 e. The highest BCUT2D eigenvalue weighted by atomic mass is 32.1. The molecule has 4 rings (SSSR count). The maximum atomic E-state index is 12.4. The van der Waals surface area contributed by atoms with E-state index in [4.69, 9.17) is 0 Å². The van der Waals surface area contributed by atoms with Crippen LogP contribution in [0.1, 0.15) is 22.7 Å². The molecule has 0 saturated carbocycles. The fraction of sp³-hybridized carbons (Fsp3) is 0.267. The minimum atomic E-state index is -0.0914. The van der Waals surface area contributed by atoms with Crippen molar-refractivity contribution in [3.63, 3.8) is 0 Å². The molecule has 22 heavy (non-hydrogen) atoms. The van der Waals surface area contributed by atoms with Gasteiger partial charge in [0.25, 0.3) is 5.91 Å². The Morgan fingerprint density at radius 2 is 2.36 bits per heavy atom. The average Bonchev–Trinajstić information content (AvgIpc) is 3.26. The summed E-state index contributed by atoms with van der Waals surface area (Å²) >= 11 is 3.14. The van der Waals surface area contributed by atoms with E-state index < -0.39 is 0 Å². The fourth-order valence-electron chi connectivity index (χ4n) is 2.64. The highest BCUT2D eigenvalue weighted by molar-refractivity contribution is 7.14. The van der Waals surface area contributed by atoms with Crippen molar-refractivity contribution in [2.24, 2.45) is 0 Å². The molecule has 0 aliphatic carbocycles. The van der Waals surface area contributed by atoms with Gasteiger partial charge >= 0.3 is 0 Å². The number of aromatic nitrogens is 3. The van der Waals surface area contributed by atoms with Gasteiger partial charge < -0.3 is 9.88 Å². The van der Waals surface area contributed by atoms with E-state index in [0.717, 1.165) is 35.8 Å². The van der Waals surface area contributed by atoms with Crippen LogP contribution in [0.4, 0.5) is 0 Å². The Hall–Kier alpha value is -1.99. The van der Waals surface area contributed by atoms with Gasteiger partial charge in [-0.3, -0.25) is 4.79 Å². The van der Waals surface area contributed by atoms with Crippen molar-refractivity contribution in [2.75, 3.05) is 0 Å². The first-order valence-electron chi connectivity index (χ1n) is 7.08. The van der Waals surface area contributed by atoms with Gasteiger partial charge in [-0.05, 0) is 17.9 Å². The summed E-state index contributed by atoms with van der Waals surface area (Å²) in [6, 6.07) is 2.16. The predicted molar refractivity (Wildman–Crippen MR) is 87.2 cm³/mol. The van der Waals surface area contributed by atoms with Crippen molar-refractivity contribution in [3.05, 3.63) is 46.1 Å². The first kappa shape index (κ1) is 13.7. The van der Waals surface area contributed by atoms with Gasteiger partial charge in [-0.15, -0.1) is 11.3 Å². The lowest BCUT2D eigenvalue weighted by Crippen LogP contribution is -2.41. The number of carbonyl (C=O) groups excluding carboxylic acids is 1. The summed E-state index contributed by atoms with van der Waals surface area (Å²) in [7, 11) is 0. The van der Waals surface area contributed by atoms with E-state index in [2.05, 4.69) is 19.9 Å². The first-order chi connectivity index (χ1) is 10.8. The van der Waals surface area contributed by atoms with Crippen LogP contribution in [0.3, 0.4) is 0 Å². The Morgan fingerprint density at radius 3 is 3.23 bits per heavy atom. The summed E-state index contributed by atoms with van der Waals surface area (Å²) in [5, 5.41) is 9.87. The average molecular weight is 330 g/mol. The van der Waals surface area contributed by atoms with Crippen molar-refractivity contribution in [1.82, 2.24) is 19.9 Å². The number of thiophene rings is 1. The summed E-state index contributed by atoms with van der Waals surface area (Å²) < 4.78 is 2.10. The summed E-state index contributed by atoms with van der Waals surface area (Å²) in [5.74, 6) is 1.00. The van der Waals surface area contributed by atoms with Crippen LogP contribution in [-0.4, -0.2) is 26.5 Å². The van der Waals surface area contributed by atoms with Crippen LogP contribution in [0.5, 0.6) is 0 Å². The lowest BCUT2D eigenvalue weighted by atomic mass is 10.1. The molecular formula is C15H14N4OS2. The van der Waals surface area contributed by atoms with Crippen molar-refractivity contribution >= 4 is 28.6 Å². The van der Waals surface area contributed by atoms with Crippen LogP contribution in [0, 0.1) is 0 Å². The zero-order valence-corrected chi connectivity index (χ0v) is 13.4. The molecule has 112 valence electrons. The Kier molecular flexibility index (Phi) is 3.51. The molecule has 0 aromatic carbocycles. The Balaban J connectivity index is 1.45. The van der Waals surface area contributed by atoms with Crippen LogP contribution in [0.15, 0.2) is 34.6 Å². The normalized spacial score (nSPS) is 17.2. The third kappa shape index (κ3) is 2.57. The van der Waals surface area contributed by atoms with Gasteiger partial charge in [0.1, 0.15) is 16.5 Å². The van der Waals surface area contributed by atoms with Gasteiger partial charge in [0.05, 0.1) is 0 Å². The molecule has 1 aliphatic rings. The number of carbonyl (C=O) groups is 1. The molecule has 0 unspecified atom stereocenters. The third-order valence-corrected chi connectivity index (χ3v) is 5.35. The summed E-state index contributed by atoms with van der Waals surface area (Å²) in [6.45, 7) is 0.780. The molecule has 0 fully saturated rings. The second-order valence-electron chi connectivity index (χ2n) is 5.25. The second kappa shape index (κ2) is 5.66. The molecule has 1 atom stereocenters. The van der Waals surface area contributed by atoms with Crippen molar-refractivity contribution in [1.29, 1.82) is 0 Å². The molecule has 4 heterocycles. The number of thiazole rings is 1. The van der Waals surface area contributed by atoms with Crippen LogP contribution in [0.25, 0.3) is 10.6 Å². The smallest absolute Gasteiger partial charge is 0.271 e. The van der Waals surface area contributed by atoms with Gasteiger partial charge in [-0.25, -0.2) is 9.97 Å². The number of rotatable bonds is 3. The zero-order valence-electron chi connectivity index (χ0n) is 11.7. The molecule has 7 heteroatoms. The monoisotopic (exact) mass is 330 g/mol. The zero-order chi connectivity index (χ0) is 14.9. The number of amides is 1. The second-order valence-corrected chi connectivity index (χ2v) is 6.89. The SMILES string of the molecule is O=C(N[C@H]1CCc2nccn2C1)c1csc(-c2ccsc2)n1. The van der Waals surface area contributed by atoms with E-state index in [9.17, 15) is 4.79 Å². The third-order valence-electron chi connectivity index (χ3n) is 3.78. The van der Waals surface area contributed by atoms with Gasteiger partial charge in [0, 0.05) is 47.7 Å². The van der Waals surface area contributed by atoms with Gasteiger partial charge in [-0.1, -0.05) is 0 Å². The number of nitrogens with one attached hydrogen (secondary N) is 1. The topological polar surface area (TPSA) is 59.8 Å². The summed E-state index contributed by atoms with van der Waals surface area (Å²) in [6.07, 6.45) is 5.59. The molecule has 0 radical (unpaired) electrons. The van der Waals surface area contributed by atoms with Crippen molar-refractivity contribution < 1.29 is 4.79 Å². The minimum absolute atomic E-state index is 0.0914. The number of hydrogen-bond donors (Lipinski definition) is 1. The number of aryl methyl sites for hydroxylation is 1. The number of imidazole rings is 1. The Morgan fingerprint density at radius 1 is 1.41 bits per heavy atom. The maximum absolute atomic E-state index is 12.4. The Labute approximate surface area is 135 Å². The lowest BCUT2D eigenvalue weighted by molar-refractivity contribution is 0.0923. The molecule has 5 nitrogen and oxygen atoms in total. The number of nitrogens with zero attached hydrogens (tertiary/aromatic N) is 3. The predicted octanol–water partition coefficient (Wildman–Crippen LogP) is 2.81. The molecular weight excluding hydrogens is 316 g/mol. The van der Waals surface area contributed by atoms with E-state index in [1.54, 1.807) is 11.3 Å². The van der Waals surface area contributed by atoms with Crippen molar-refractivity contribution in [3.8, 4) is 10.6 Å². The van der Waals surface area contributed by atoms with Gasteiger partial charge in [0.15, 0.2) is 0 Å². The highest BCUT2D eigenvalue weighted by Gasteiger charge is 2.22. The number of hydrogen-bond acceptors (Lipinski definition) is 5. The van der Waals surface area contributed by atoms with Crippen LogP contribution < -0.4 is 5.32 Å². The van der Waals surface area contributed by atoms with Gasteiger partial charge in [-0.2, -0.15) is 11.3 Å². The fourth-order valence-corrected chi connectivity index (χ4v) is 4.15. The number of fused-ring (bicyclic) bond motifs is 1. The van der Waals surface area contributed by atoms with Crippen LogP contribution in [-0.2, 0) is 13.0 Å². The summed E-state index contributed by atoms with van der Waals surface area (Å²) in [4.78, 5) is 21.1. The lowest BCUT2D eigenvalue weighted by Gasteiger charge is -2.24. The van der Waals surface area contributed by atoms with Crippen LogP contribution >= 0.6 is 22.7 Å². The quantitative estimate of drug-likeness (QED) is 0.803. The van der Waals surface area contributed by atoms with E-state index in [1.807, 2.05) is 34.6 Å². The largest absolute Gasteiger partial charge is 0.346 e. The molecule has 1 amide bonds. The molecule has 0 spiro atoms. The minimum Gasteiger partial charge on any atom is -0.346 e. The molecule has 0 saturated heterocycles. The van der Waals surface area contributed by atoms with E-state index in [-0.39, 0.29) is 11.9 Å². The van der Waals surface area contributed by atoms with E-state index in [0.29, 0.717) is 5.69 Å². The summed E-state index contributed by atoms with van der Waals surface area (Å²) in [5.41, 5.74) is 1.58. The highest BCUT2D eigenvalue weighted by Crippen LogP contribution is 2.25. The van der Waals surface area contributed by atoms with E-state index >= 15 is 0 Å². The molecule has 1 N–H and O–H groups in total. The van der Waals surface area contributed by atoms with Gasteiger partial charge in [0.2, 0.25) is 0 Å². The molecule has 3 aromatic heterocycles. The Bertz CT molecular complexity index is 790. The standard InChI is InChI=1S/C15H14N4OS2/c20-14(12-9-22-15(18-12)10-3-6-21-8-10)17-11-1-2-13-16-4-5-19(13)7-11/h3-6,8-9,11H,1-2,7H2,(H,17,20)/t11-/m0/s1. The molecule has 3 aromatic rings. The van der Waals surface area contributed by atoms with Crippen molar-refractivity contribution in [2.45, 2.75) is 25.4 Å². The molecule has 0 bridgehead atoms. The molecule has 1 aliphatic heterocycles. The van der Waals surface area contributed by atoms with E-state index in [1.165, 1.54) is 11.3 Å².